The molecule has 1 aromatic rings. The summed E-state index contributed by atoms with van der Waals surface area (Å²) in [5, 5.41) is 8.69. The summed E-state index contributed by atoms with van der Waals surface area (Å²) in [6.07, 6.45) is 0.725. The zero-order chi connectivity index (χ0) is 12.7. The predicted octanol–water partition coefficient (Wildman–Crippen LogP) is 2.10. The lowest BCUT2D eigenvalue weighted by Crippen LogP contribution is -2.19. The number of halogens is 2. The molecule has 0 bridgehead atoms. The van der Waals surface area contributed by atoms with Gasteiger partial charge in [-0.25, -0.2) is 0 Å². The highest BCUT2D eigenvalue weighted by atomic mass is 19.3. The van der Waals surface area contributed by atoms with Crippen molar-refractivity contribution in [3.05, 3.63) is 29.8 Å². The molecule has 1 N–H and O–H groups in total. The largest absolute Gasteiger partial charge is 0.435 e. The van der Waals surface area contributed by atoms with Crippen LogP contribution in [-0.4, -0.2) is 36.8 Å². The number of benzene rings is 1. The molecule has 96 valence electrons. The fraction of sp³-hybridized carbons (Fsp3) is 0.500. The first kappa shape index (κ1) is 13.9. The molecule has 0 aliphatic carbocycles. The molecule has 3 nitrogen and oxygen atoms in total. The Morgan fingerprint density at radius 3 is 2.47 bits per heavy atom. The molecule has 0 heterocycles. The molecule has 0 aromatic heterocycles. The molecule has 0 fully saturated rings. The van der Waals surface area contributed by atoms with Gasteiger partial charge in [0.15, 0.2) is 0 Å². The van der Waals surface area contributed by atoms with Gasteiger partial charge in [-0.05, 0) is 31.2 Å². The molecule has 0 atom stereocenters. The standard InChI is InChI=1S/C12H17F2NO2/c1-15(7-2-8-16)9-10-3-5-11(6-4-10)17-12(13)14/h3-6,12,16H,2,7-9H2,1H3. The number of rotatable bonds is 7. The van der Waals surface area contributed by atoms with Crippen LogP contribution in [0.3, 0.4) is 0 Å². The molecule has 0 saturated carbocycles. The van der Waals surface area contributed by atoms with E-state index in [0.29, 0.717) is 0 Å². The Morgan fingerprint density at radius 2 is 1.94 bits per heavy atom. The zero-order valence-corrected chi connectivity index (χ0v) is 9.77. The number of hydrogen-bond donors (Lipinski definition) is 1. The fourth-order valence-corrected chi connectivity index (χ4v) is 1.51. The van der Waals surface area contributed by atoms with E-state index in [1.54, 1.807) is 12.1 Å². The van der Waals surface area contributed by atoms with Crippen molar-refractivity contribution >= 4 is 0 Å². The van der Waals surface area contributed by atoms with E-state index in [1.807, 2.05) is 7.05 Å². The number of nitrogens with zero attached hydrogens (tertiary/aromatic N) is 1. The van der Waals surface area contributed by atoms with Gasteiger partial charge in [0, 0.05) is 19.7 Å². The van der Waals surface area contributed by atoms with Crippen molar-refractivity contribution in [2.45, 2.75) is 19.6 Å². The van der Waals surface area contributed by atoms with Gasteiger partial charge in [-0.2, -0.15) is 8.78 Å². The minimum absolute atomic E-state index is 0.168. The Hall–Kier alpha value is -1.20. The maximum atomic E-state index is 11.9. The lowest BCUT2D eigenvalue weighted by molar-refractivity contribution is -0.0498. The third-order valence-electron chi connectivity index (χ3n) is 2.30. The molecule has 0 amide bonds. The Balaban J connectivity index is 2.44. The molecule has 0 saturated heterocycles. The lowest BCUT2D eigenvalue weighted by Gasteiger charge is -2.16. The van der Waals surface area contributed by atoms with Gasteiger partial charge >= 0.3 is 6.61 Å². The van der Waals surface area contributed by atoms with Crippen LogP contribution in [0.4, 0.5) is 8.78 Å². The van der Waals surface area contributed by atoms with Gasteiger partial charge in [0.25, 0.3) is 0 Å². The molecular formula is C12H17F2NO2. The molecule has 0 radical (unpaired) electrons. The van der Waals surface area contributed by atoms with Gasteiger partial charge in [-0.3, -0.25) is 0 Å². The number of hydrogen-bond acceptors (Lipinski definition) is 3. The summed E-state index contributed by atoms with van der Waals surface area (Å²) in [5.41, 5.74) is 1.02. The Bertz CT molecular complexity index is 317. The zero-order valence-electron chi connectivity index (χ0n) is 9.77. The highest BCUT2D eigenvalue weighted by Gasteiger charge is 2.04. The molecule has 17 heavy (non-hydrogen) atoms. The number of alkyl halides is 2. The summed E-state index contributed by atoms with van der Waals surface area (Å²) in [6, 6.07) is 6.57. The Kier molecular flexibility index (Phi) is 5.86. The van der Waals surface area contributed by atoms with E-state index in [2.05, 4.69) is 9.64 Å². The lowest BCUT2D eigenvalue weighted by atomic mass is 10.2. The third kappa shape index (κ3) is 5.60. The summed E-state index contributed by atoms with van der Waals surface area (Å²) in [4.78, 5) is 2.05. The molecule has 0 spiro atoms. The second kappa shape index (κ2) is 7.19. The maximum absolute atomic E-state index is 11.9. The van der Waals surface area contributed by atoms with Crippen LogP contribution in [0.15, 0.2) is 24.3 Å². The van der Waals surface area contributed by atoms with Crippen LogP contribution in [-0.2, 0) is 6.54 Å². The van der Waals surface area contributed by atoms with Gasteiger partial charge in [0.2, 0.25) is 0 Å². The third-order valence-corrected chi connectivity index (χ3v) is 2.30. The number of ether oxygens (including phenoxy) is 1. The highest BCUT2D eigenvalue weighted by Crippen LogP contribution is 2.15. The highest BCUT2D eigenvalue weighted by molar-refractivity contribution is 5.27. The number of aliphatic hydroxyl groups is 1. The maximum Gasteiger partial charge on any atom is 0.387 e. The first-order valence-corrected chi connectivity index (χ1v) is 5.45. The monoisotopic (exact) mass is 245 g/mol. The van der Waals surface area contributed by atoms with Crippen LogP contribution >= 0.6 is 0 Å². The van der Waals surface area contributed by atoms with E-state index >= 15 is 0 Å². The van der Waals surface area contributed by atoms with Gasteiger partial charge in [-0.15, -0.1) is 0 Å². The van der Waals surface area contributed by atoms with Crippen LogP contribution in [0.2, 0.25) is 0 Å². The quantitative estimate of drug-likeness (QED) is 0.798. The summed E-state index contributed by atoms with van der Waals surface area (Å²) in [7, 11) is 1.94. The van der Waals surface area contributed by atoms with E-state index in [0.717, 1.165) is 25.1 Å². The van der Waals surface area contributed by atoms with Crippen molar-refractivity contribution in [2.24, 2.45) is 0 Å². The molecule has 0 aliphatic heterocycles. The van der Waals surface area contributed by atoms with Crippen LogP contribution < -0.4 is 4.74 Å². The predicted molar refractivity (Wildman–Crippen MR) is 61.1 cm³/mol. The van der Waals surface area contributed by atoms with Crippen LogP contribution in [0.1, 0.15) is 12.0 Å². The van der Waals surface area contributed by atoms with Crippen molar-refractivity contribution in [2.75, 3.05) is 20.2 Å². The second-order valence-electron chi connectivity index (χ2n) is 3.84. The topological polar surface area (TPSA) is 32.7 Å². The van der Waals surface area contributed by atoms with Crippen molar-refractivity contribution in [1.29, 1.82) is 0 Å². The van der Waals surface area contributed by atoms with Crippen molar-refractivity contribution < 1.29 is 18.6 Å². The van der Waals surface area contributed by atoms with E-state index in [1.165, 1.54) is 12.1 Å². The van der Waals surface area contributed by atoms with Crippen LogP contribution in [0.5, 0.6) is 5.75 Å². The summed E-state index contributed by atoms with van der Waals surface area (Å²) in [5.74, 6) is 0.168. The molecule has 0 aliphatic rings. The van der Waals surface area contributed by atoms with Crippen molar-refractivity contribution in [3.63, 3.8) is 0 Å². The first-order chi connectivity index (χ1) is 8.11. The van der Waals surface area contributed by atoms with Crippen LogP contribution in [0, 0.1) is 0 Å². The SMILES string of the molecule is CN(CCCO)Cc1ccc(OC(F)F)cc1. The second-order valence-corrected chi connectivity index (χ2v) is 3.84. The smallest absolute Gasteiger partial charge is 0.387 e. The molecule has 0 unspecified atom stereocenters. The van der Waals surface area contributed by atoms with E-state index in [-0.39, 0.29) is 12.4 Å². The fourth-order valence-electron chi connectivity index (χ4n) is 1.51. The van der Waals surface area contributed by atoms with Crippen LogP contribution in [0.25, 0.3) is 0 Å². The van der Waals surface area contributed by atoms with Gasteiger partial charge in [-0.1, -0.05) is 12.1 Å². The minimum atomic E-state index is -2.78. The Morgan fingerprint density at radius 1 is 1.29 bits per heavy atom. The van der Waals surface area contributed by atoms with E-state index in [4.69, 9.17) is 5.11 Å². The minimum Gasteiger partial charge on any atom is -0.435 e. The van der Waals surface area contributed by atoms with Crippen molar-refractivity contribution in [1.82, 2.24) is 4.90 Å². The average Bonchev–Trinajstić information content (AvgIpc) is 2.28. The number of aliphatic hydroxyl groups excluding tert-OH is 1. The van der Waals surface area contributed by atoms with Crippen molar-refractivity contribution in [3.8, 4) is 5.75 Å². The Labute approximate surface area is 99.6 Å². The van der Waals surface area contributed by atoms with E-state index < -0.39 is 6.61 Å². The summed E-state index contributed by atoms with van der Waals surface area (Å²) < 4.78 is 28.1. The summed E-state index contributed by atoms with van der Waals surface area (Å²) >= 11 is 0. The first-order valence-electron chi connectivity index (χ1n) is 5.45. The van der Waals surface area contributed by atoms with E-state index in [9.17, 15) is 8.78 Å². The average molecular weight is 245 g/mol. The molecule has 1 rings (SSSR count). The van der Waals surface area contributed by atoms with Gasteiger partial charge < -0.3 is 14.7 Å². The summed E-state index contributed by atoms with van der Waals surface area (Å²) in [6.45, 7) is -1.10. The molecular weight excluding hydrogens is 228 g/mol. The molecule has 5 heteroatoms. The van der Waals surface area contributed by atoms with Gasteiger partial charge in [0.1, 0.15) is 5.75 Å². The normalized spacial score (nSPS) is 11.2. The van der Waals surface area contributed by atoms with Gasteiger partial charge in [0.05, 0.1) is 0 Å². The molecule has 1 aromatic carbocycles.